The maximum atomic E-state index is 13.5. The predicted molar refractivity (Wildman–Crippen MR) is 58.3 cm³/mol. The Morgan fingerprint density at radius 1 is 1.56 bits per heavy atom. The first-order valence-electron chi connectivity index (χ1n) is 4.39. The number of H-pyrrole nitrogens is 1. The van der Waals surface area contributed by atoms with E-state index in [1.54, 1.807) is 0 Å². The topological polar surface area (TPSA) is 68.1 Å². The van der Waals surface area contributed by atoms with Crippen LogP contribution in [0.4, 0.5) is 4.39 Å². The van der Waals surface area contributed by atoms with Crippen LogP contribution in [0.25, 0.3) is 10.9 Å². The monoisotopic (exact) mass is 242 g/mol. The summed E-state index contributed by atoms with van der Waals surface area (Å²) in [6.07, 6.45) is 0. The van der Waals surface area contributed by atoms with Crippen molar-refractivity contribution in [2.75, 3.05) is 7.11 Å². The fourth-order valence-corrected chi connectivity index (χ4v) is 1.81. The van der Waals surface area contributed by atoms with E-state index in [2.05, 4.69) is 4.98 Å². The van der Waals surface area contributed by atoms with Crippen LogP contribution in [0.5, 0.6) is 5.75 Å². The first-order chi connectivity index (χ1) is 7.54. The number of amides is 1. The van der Waals surface area contributed by atoms with Gasteiger partial charge in [-0.25, -0.2) is 4.39 Å². The molecule has 0 aliphatic carbocycles. The van der Waals surface area contributed by atoms with Crippen LogP contribution in [-0.2, 0) is 0 Å². The molecule has 1 aromatic carbocycles. The summed E-state index contributed by atoms with van der Waals surface area (Å²) in [7, 11) is 1.41. The van der Waals surface area contributed by atoms with Gasteiger partial charge in [-0.2, -0.15) is 0 Å². The van der Waals surface area contributed by atoms with Crippen molar-refractivity contribution in [1.82, 2.24) is 4.98 Å². The normalized spacial score (nSPS) is 10.7. The molecule has 2 aromatic rings. The summed E-state index contributed by atoms with van der Waals surface area (Å²) < 4.78 is 18.6. The van der Waals surface area contributed by atoms with Crippen molar-refractivity contribution in [3.8, 4) is 5.75 Å². The highest BCUT2D eigenvalue weighted by atomic mass is 35.5. The number of carbonyl (C=O) groups excluding carboxylic acids is 1. The van der Waals surface area contributed by atoms with Crippen molar-refractivity contribution in [1.29, 1.82) is 0 Å². The Morgan fingerprint density at radius 2 is 2.25 bits per heavy atom. The summed E-state index contributed by atoms with van der Waals surface area (Å²) in [5.74, 6) is -0.927. The molecule has 0 bridgehead atoms. The quantitative estimate of drug-likeness (QED) is 0.847. The number of aromatic amines is 1. The van der Waals surface area contributed by atoms with Gasteiger partial charge in [-0.15, -0.1) is 0 Å². The van der Waals surface area contributed by atoms with E-state index >= 15 is 0 Å². The van der Waals surface area contributed by atoms with Crippen LogP contribution in [-0.4, -0.2) is 18.0 Å². The van der Waals surface area contributed by atoms with Gasteiger partial charge in [0.15, 0.2) is 0 Å². The average Bonchev–Trinajstić information content (AvgIpc) is 2.63. The third kappa shape index (κ3) is 1.49. The van der Waals surface area contributed by atoms with Crippen LogP contribution in [0, 0.1) is 5.82 Å². The van der Waals surface area contributed by atoms with Gasteiger partial charge in [0.05, 0.1) is 17.6 Å². The molecule has 0 spiro atoms. The van der Waals surface area contributed by atoms with Crippen LogP contribution >= 0.6 is 11.6 Å². The number of halogens is 2. The van der Waals surface area contributed by atoms with Gasteiger partial charge in [-0.3, -0.25) is 4.79 Å². The van der Waals surface area contributed by atoms with Gasteiger partial charge in [-0.05, 0) is 12.1 Å². The number of primary amides is 1. The van der Waals surface area contributed by atoms with Crippen molar-refractivity contribution in [3.05, 3.63) is 28.7 Å². The number of hydrogen-bond acceptors (Lipinski definition) is 2. The zero-order valence-corrected chi connectivity index (χ0v) is 9.06. The Bertz CT molecular complexity index is 580. The molecule has 6 heteroatoms. The van der Waals surface area contributed by atoms with E-state index in [4.69, 9.17) is 22.1 Å². The average molecular weight is 243 g/mol. The molecule has 1 heterocycles. The van der Waals surface area contributed by atoms with Crippen LogP contribution in [0.3, 0.4) is 0 Å². The number of ether oxygens (including phenoxy) is 1. The molecule has 0 fully saturated rings. The molecule has 3 N–H and O–H groups in total. The summed E-state index contributed by atoms with van der Waals surface area (Å²) in [6.45, 7) is 0. The molecular formula is C10H8ClFN2O2. The zero-order chi connectivity index (χ0) is 11.9. The molecular weight excluding hydrogens is 235 g/mol. The summed E-state index contributed by atoms with van der Waals surface area (Å²) in [5.41, 5.74) is 5.35. The van der Waals surface area contributed by atoms with Gasteiger partial charge >= 0.3 is 0 Å². The minimum Gasteiger partial charge on any atom is -0.494 e. The lowest BCUT2D eigenvalue weighted by atomic mass is 10.2. The van der Waals surface area contributed by atoms with E-state index in [1.165, 1.54) is 13.2 Å². The molecule has 0 radical (unpaired) electrons. The molecule has 0 aliphatic heterocycles. The number of methoxy groups -OCH3 is 1. The lowest BCUT2D eigenvalue weighted by Gasteiger charge is -2.04. The SMILES string of the molecule is COc1c(Cl)cc(F)c2[nH]c(C(N)=O)cc12. The summed E-state index contributed by atoms with van der Waals surface area (Å²) in [5, 5.41) is 0.531. The third-order valence-electron chi connectivity index (χ3n) is 2.24. The molecule has 0 unspecified atom stereocenters. The van der Waals surface area contributed by atoms with E-state index < -0.39 is 11.7 Å². The second-order valence-electron chi connectivity index (χ2n) is 3.21. The smallest absolute Gasteiger partial charge is 0.265 e. The summed E-state index contributed by atoms with van der Waals surface area (Å²) >= 11 is 5.80. The van der Waals surface area contributed by atoms with Crippen LogP contribution in [0.1, 0.15) is 10.5 Å². The van der Waals surface area contributed by atoms with Gasteiger partial charge in [-0.1, -0.05) is 11.6 Å². The summed E-state index contributed by atoms with van der Waals surface area (Å²) in [6, 6.07) is 2.52. The Morgan fingerprint density at radius 3 is 2.81 bits per heavy atom. The highest BCUT2D eigenvalue weighted by Crippen LogP contribution is 2.35. The van der Waals surface area contributed by atoms with E-state index in [9.17, 15) is 9.18 Å². The summed E-state index contributed by atoms with van der Waals surface area (Å²) in [4.78, 5) is 13.5. The Balaban J connectivity index is 2.83. The minimum atomic E-state index is -0.672. The van der Waals surface area contributed by atoms with Crippen molar-refractivity contribution in [2.45, 2.75) is 0 Å². The standard InChI is InChI=1S/C10H8ClFN2O2/c1-16-9-4-2-7(10(13)15)14-8(4)6(12)3-5(9)11/h2-3,14H,1H3,(H2,13,15). The van der Waals surface area contributed by atoms with E-state index in [1.807, 2.05) is 0 Å². The Hall–Kier alpha value is -1.75. The van der Waals surface area contributed by atoms with Gasteiger partial charge < -0.3 is 15.5 Å². The van der Waals surface area contributed by atoms with Gasteiger partial charge in [0.1, 0.15) is 17.3 Å². The van der Waals surface area contributed by atoms with Crippen molar-refractivity contribution in [3.63, 3.8) is 0 Å². The molecule has 1 amide bonds. The molecule has 4 nitrogen and oxygen atoms in total. The van der Waals surface area contributed by atoms with Crippen LogP contribution in [0.2, 0.25) is 5.02 Å². The van der Waals surface area contributed by atoms with E-state index in [0.717, 1.165) is 6.07 Å². The van der Waals surface area contributed by atoms with Crippen molar-refractivity contribution in [2.24, 2.45) is 5.73 Å². The minimum absolute atomic E-state index is 0.106. The fourth-order valence-electron chi connectivity index (χ4n) is 1.54. The Kier molecular flexibility index (Phi) is 2.47. The number of fused-ring (bicyclic) bond motifs is 1. The number of hydrogen-bond donors (Lipinski definition) is 2. The van der Waals surface area contributed by atoms with Crippen molar-refractivity contribution < 1.29 is 13.9 Å². The molecule has 0 aliphatic rings. The largest absolute Gasteiger partial charge is 0.494 e. The fraction of sp³-hybridized carbons (Fsp3) is 0.100. The van der Waals surface area contributed by atoms with Gasteiger partial charge in [0.25, 0.3) is 5.91 Å². The highest BCUT2D eigenvalue weighted by Gasteiger charge is 2.16. The molecule has 16 heavy (non-hydrogen) atoms. The first-order valence-corrected chi connectivity index (χ1v) is 4.77. The Labute approximate surface area is 95.1 Å². The highest BCUT2D eigenvalue weighted by molar-refractivity contribution is 6.33. The number of aromatic nitrogens is 1. The second kappa shape index (κ2) is 3.68. The second-order valence-corrected chi connectivity index (χ2v) is 3.62. The van der Waals surface area contributed by atoms with Crippen LogP contribution in [0.15, 0.2) is 12.1 Å². The van der Waals surface area contributed by atoms with Crippen molar-refractivity contribution >= 4 is 28.4 Å². The van der Waals surface area contributed by atoms with E-state index in [0.29, 0.717) is 11.1 Å². The van der Waals surface area contributed by atoms with Crippen LogP contribution < -0.4 is 10.5 Å². The first kappa shape index (κ1) is 10.8. The molecule has 2 rings (SSSR count). The molecule has 1 aromatic heterocycles. The number of carbonyl (C=O) groups is 1. The van der Waals surface area contributed by atoms with Gasteiger partial charge in [0.2, 0.25) is 0 Å². The maximum Gasteiger partial charge on any atom is 0.265 e. The third-order valence-corrected chi connectivity index (χ3v) is 2.52. The lowest BCUT2D eigenvalue weighted by molar-refractivity contribution is 0.0996. The van der Waals surface area contributed by atoms with E-state index in [-0.39, 0.29) is 16.2 Å². The zero-order valence-electron chi connectivity index (χ0n) is 8.30. The molecule has 84 valence electrons. The molecule has 0 saturated carbocycles. The number of rotatable bonds is 2. The van der Waals surface area contributed by atoms with Gasteiger partial charge in [0, 0.05) is 5.39 Å². The molecule has 0 saturated heterocycles. The predicted octanol–water partition coefficient (Wildman–Crippen LogP) is 2.07. The molecule has 0 atom stereocenters. The lowest BCUT2D eigenvalue weighted by Crippen LogP contribution is -2.10. The number of benzene rings is 1. The number of nitrogens with two attached hydrogens (primary N) is 1. The number of nitrogens with one attached hydrogen (secondary N) is 1. The maximum absolute atomic E-state index is 13.5.